The Kier molecular flexibility index (Phi) is 7.94. The summed E-state index contributed by atoms with van der Waals surface area (Å²) in [5, 5.41) is 4.06. The third kappa shape index (κ3) is 5.43. The van der Waals surface area contributed by atoms with Crippen LogP contribution >= 0.6 is 11.8 Å². The predicted molar refractivity (Wildman–Crippen MR) is 83.2 cm³/mol. The van der Waals surface area contributed by atoms with Gasteiger partial charge in [0.2, 0.25) is 0 Å². The van der Waals surface area contributed by atoms with Gasteiger partial charge in [0.25, 0.3) is 0 Å². The van der Waals surface area contributed by atoms with Crippen LogP contribution in [-0.4, -0.2) is 38.4 Å². The maximum atomic E-state index is 5.21. The van der Waals surface area contributed by atoms with Crippen molar-refractivity contribution in [3.8, 4) is 5.75 Å². The van der Waals surface area contributed by atoms with Crippen LogP contribution in [-0.2, 0) is 4.74 Å². The molecule has 1 aromatic carbocycles. The van der Waals surface area contributed by atoms with Gasteiger partial charge in [-0.1, -0.05) is 26.0 Å². The van der Waals surface area contributed by atoms with Crippen molar-refractivity contribution in [3.05, 3.63) is 29.8 Å². The average molecular weight is 283 g/mol. The van der Waals surface area contributed by atoms with E-state index in [1.165, 1.54) is 5.56 Å². The smallest absolute Gasteiger partial charge is 0.118 e. The second-order valence-electron chi connectivity index (χ2n) is 4.38. The van der Waals surface area contributed by atoms with Crippen molar-refractivity contribution < 1.29 is 9.47 Å². The number of hydrogen-bond acceptors (Lipinski definition) is 4. The Balaban J connectivity index is 2.68. The van der Waals surface area contributed by atoms with Gasteiger partial charge in [0, 0.05) is 24.2 Å². The lowest BCUT2D eigenvalue weighted by Crippen LogP contribution is -2.28. The van der Waals surface area contributed by atoms with Crippen LogP contribution in [0.25, 0.3) is 0 Å². The molecular weight excluding hydrogens is 258 g/mol. The molecule has 0 aromatic heterocycles. The molecule has 0 fully saturated rings. The molecule has 2 atom stereocenters. The number of ether oxygens (including phenoxy) is 2. The molecule has 3 nitrogen and oxygen atoms in total. The minimum Gasteiger partial charge on any atom is -0.497 e. The molecule has 0 spiro atoms. The van der Waals surface area contributed by atoms with Crippen molar-refractivity contribution in [2.24, 2.45) is 0 Å². The average Bonchev–Trinajstić information content (AvgIpc) is 2.45. The molecular formula is C15H25NO2S. The Morgan fingerprint density at radius 1 is 1.21 bits per heavy atom. The van der Waals surface area contributed by atoms with Gasteiger partial charge in [-0.05, 0) is 24.2 Å². The lowest BCUT2D eigenvalue weighted by Gasteiger charge is -2.25. The summed E-state index contributed by atoms with van der Waals surface area (Å²) in [4.78, 5) is 0. The van der Waals surface area contributed by atoms with Gasteiger partial charge in [-0.3, -0.25) is 0 Å². The SMILES string of the molecule is CCNC(c1ccc(OC)cc1)C(C)SCCOC. The number of nitrogens with one attached hydrogen (secondary N) is 1. The minimum atomic E-state index is 0.359. The molecule has 1 rings (SSSR count). The van der Waals surface area contributed by atoms with E-state index in [1.54, 1.807) is 14.2 Å². The first-order chi connectivity index (χ1) is 9.22. The Morgan fingerprint density at radius 2 is 1.89 bits per heavy atom. The molecule has 19 heavy (non-hydrogen) atoms. The molecule has 0 bridgehead atoms. The highest BCUT2D eigenvalue weighted by atomic mass is 32.2. The van der Waals surface area contributed by atoms with Crippen LogP contribution in [0.4, 0.5) is 0 Å². The van der Waals surface area contributed by atoms with Crippen molar-refractivity contribution in [2.75, 3.05) is 33.1 Å². The number of rotatable bonds is 9. The van der Waals surface area contributed by atoms with Crippen molar-refractivity contribution in [3.63, 3.8) is 0 Å². The third-order valence-electron chi connectivity index (χ3n) is 3.04. The van der Waals surface area contributed by atoms with E-state index in [9.17, 15) is 0 Å². The van der Waals surface area contributed by atoms with Gasteiger partial charge in [-0.2, -0.15) is 11.8 Å². The summed E-state index contributed by atoms with van der Waals surface area (Å²) in [6.07, 6.45) is 0. The maximum absolute atomic E-state index is 5.21. The summed E-state index contributed by atoms with van der Waals surface area (Å²) >= 11 is 1.94. The van der Waals surface area contributed by atoms with E-state index in [0.717, 1.165) is 24.7 Å². The molecule has 0 aliphatic heterocycles. The van der Waals surface area contributed by atoms with Crippen LogP contribution in [0.5, 0.6) is 5.75 Å². The largest absolute Gasteiger partial charge is 0.497 e. The van der Waals surface area contributed by atoms with Gasteiger partial charge in [-0.25, -0.2) is 0 Å². The van der Waals surface area contributed by atoms with E-state index >= 15 is 0 Å². The molecule has 108 valence electrons. The highest BCUT2D eigenvalue weighted by molar-refractivity contribution is 7.99. The van der Waals surface area contributed by atoms with Crippen LogP contribution in [0.2, 0.25) is 0 Å². The van der Waals surface area contributed by atoms with Gasteiger partial charge in [-0.15, -0.1) is 0 Å². The van der Waals surface area contributed by atoms with Gasteiger partial charge in [0.05, 0.1) is 13.7 Å². The van der Waals surface area contributed by atoms with E-state index < -0.39 is 0 Å². The van der Waals surface area contributed by atoms with Crippen LogP contribution in [0.3, 0.4) is 0 Å². The first-order valence-corrected chi connectivity index (χ1v) is 7.75. The summed E-state index contributed by atoms with van der Waals surface area (Å²) in [7, 11) is 3.44. The van der Waals surface area contributed by atoms with Crippen LogP contribution in [0.1, 0.15) is 25.5 Å². The Morgan fingerprint density at radius 3 is 2.42 bits per heavy atom. The second-order valence-corrected chi connectivity index (χ2v) is 5.86. The Bertz CT molecular complexity index is 343. The number of benzene rings is 1. The fraction of sp³-hybridized carbons (Fsp3) is 0.600. The molecule has 1 N–H and O–H groups in total. The second kappa shape index (κ2) is 9.23. The Hall–Kier alpha value is -0.710. The minimum absolute atomic E-state index is 0.359. The molecule has 0 radical (unpaired) electrons. The molecule has 4 heteroatoms. The van der Waals surface area contributed by atoms with Crippen LogP contribution < -0.4 is 10.1 Å². The van der Waals surface area contributed by atoms with Gasteiger partial charge < -0.3 is 14.8 Å². The number of methoxy groups -OCH3 is 2. The summed E-state index contributed by atoms with van der Waals surface area (Å²) in [5.41, 5.74) is 1.31. The molecule has 0 aliphatic carbocycles. The summed E-state index contributed by atoms with van der Waals surface area (Å²) in [6.45, 7) is 6.17. The molecule has 0 aliphatic rings. The molecule has 2 unspecified atom stereocenters. The van der Waals surface area contributed by atoms with E-state index in [1.807, 2.05) is 23.9 Å². The normalized spacial score (nSPS) is 14.1. The third-order valence-corrected chi connectivity index (χ3v) is 4.24. The van der Waals surface area contributed by atoms with Crippen molar-refractivity contribution in [2.45, 2.75) is 25.1 Å². The quantitative estimate of drug-likeness (QED) is 0.705. The molecule has 1 aromatic rings. The first kappa shape index (κ1) is 16.3. The fourth-order valence-electron chi connectivity index (χ4n) is 2.00. The molecule has 0 saturated carbocycles. The van der Waals surface area contributed by atoms with Gasteiger partial charge >= 0.3 is 0 Å². The van der Waals surface area contributed by atoms with Gasteiger partial charge in [0.15, 0.2) is 0 Å². The van der Waals surface area contributed by atoms with Crippen molar-refractivity contribution in [1.29, 1.82) is 0 Å². The predicted octanol–water partition coefficient (Wildman–Crippen LogP) is 3.11. The van der Waals surface area contributed by atoms with E-state index in [0.29, 0.717) is 11.3 Å². The zero-order valence-corrected chi connectivity index (χ0v) is 13.1. The zero-order valence-electron chi connectivity index (χ0n) is 12.3. The van der Waals surface area contributed by atoms with Crippen LogP contribution in [0, 0.1) is 0 Å². The summed E-state index contributed by atoms with van der Waals surface area (Å²) < 4.78 is 10.3. The Labute approximate surface area is 121 Å². The van der Waals surface area contributed by atoms with E-state index in [4.69, 9.17) is 9.47 Å². The van der Waals surface area contributed by atoms with Crippen LogP contribution in [0.15, 0.2) is 24.3 Å². The summed E-state index contributed by atoms with van der Waals surface area (Å²) in [5.74, 6) is 1.93. The van der Waals surface area contributed by atoms with E-state index in [-0.39, 0.29) is 0 Å². The van der Waals surface area contributed by atoms with Crippen molar-refractivity contribution >= 4 is 11.8 Å². The number of hydrogen-bond donors (Lipinski definition) is 1. The van der Waals surface area contributed by atoms with Gasteiger partial charge in [0.1, 0.15) is 5.75 Å². The monoisotopic (exact) mass is 283 g/mol. The zero-order chi connectivity index (χ0) is 14.1. The molecule has 0 heterocycles. The first-order valence-electron chi connectivity index (χ1n) is 6.70. The van der Waals surface area contributed by atoms with E-state index in [2.05, 4.69) is 31.3 Å². The van der Waals surface area contributed by atoms with Crippen molar-refractivity contribution in [1.82, 2.24) is 5.32 Å². The maximum Gasteiger partial charge on any atom is 0.118 e. The molecule has 0 saturated heterocycles. The standard InChI is InChI=1S/C15H25NO2S/c1-5-16-15(12(2)19-11-10-17-3)13-6-8-14(18-4)9-7-13/h6-9,12,15-16H,5,10-11H2,1-4H3. The lowest BCUT2D eigenvalue weighted by atomic mass is 10.0. The highest BCUT2D eigenvalue weighted by Gasteiger charge is 2.18. The topological polar surface area (TPSA) is 30.5 Å². The highest BCUT2D eigenvalue weighted by Crippen LogP contribution is 2.27. The fourth-order valence-corrected chi connectivity index (χ4v) is 3.08. The lowest BCUT2D eigenvalue weighted by molar-refractivity contribution is 0.218. The number of thioether (sulfide) groups is 1. The molecule has 0 amide bonds. The summed E-state index contributed by atoms with van der Waals surface area (Å²) in [6, 6.07) is 8.68.